The number of ether oxygens (including phenoxy) is 2. The molecule has 4 rings (SSSR count). The summed E-state index contributed by atoms with van der Waals surface area (Å²) < 4.78 is 12.9. The fourth-order valence-corrected chi connectivity index (χ4v) is 4.55. The van der Waals surface area contributed by atoms with Crippen LogP contribution >= 0.6 is 12.2 Å². The van der Waals surface area contributed by atoms with Gasteiger partial charge in [0.15, 0.2) is 5.11 Å². The standard InChI is InChI=1S/C24H28N4O2S/c1-17-8-13-21(28(17)18-9-11-19(30-3)12-10-18)23-22(20-7-4-5-14-25-20)26-24(31)27(23)15-6-16-29-2/h4-5,7-14,22-23H,6,15-16H2,1-3H3,(H,26,31)/t22-,23-/m0/s1. The quantitative estimate of drug-likeness (QED) is 0.422. The molecule has 3 heterocycles. The van der Waals surface area contributed by atoms with Crippen LogP contribution in [-0.2, 0) is 4.74 Å². The number of thiocarbonyl (C=S) groups is 1. The van der Waals surface area contributed by atoms with Gasteiger partial charge >= 0.3 is 0 Å². The number of rotatable bonds is 8. The highest BCUT2D eigenvalue weighted by Gasteiger charge is 2.41. The number of hydrogen-bond acceptors (Lipinski definition) is 4. The SMILES string of the molecule is COCCCN1C(=S)N[C@@H](c2ccccn2)[C@@H]1c1ccc(C)n1-c1ccc(OC)cc1. The Kier molecular flexibility index (Phi) is 6.53. The van der Waals surface area contributed by atoms with Gasteiger partial charge in [-0.3, -0.25) is 4.98 Å². The van der Waals surface area contributed by atoms with E-state index in [1.807, 2.05) is 30.5 Å². The van der Waals surface area contributed by atoms with Crippen molar-refractivity contribution >= 4 is 17.3 Å². The Balaban J connectivity index is 1.78. The average molecular weight is 437 g/mol. The maximum atomic E-state index is 5.76. The Morgan fingerprint density at radius 3 is 2.55 bits per heavy atom. The van der Waals surface area contributed by atoms with Gasteiger partial charge in [-0.15, -0.1) is 0 Å². The number of methoxy groups -OCH3 is 2. The highest BCUT2D eigenvalue weighted by Crippen LogP contribution is 2.40. The van der Waals surface area contributed by atoms with Crippen LogP contribution in [0.15, 0.2) is 60.8 Å². The number of aryl methyl sites for hydroxylation is 1. The zero-order valence-electron chi connectivity index (χ0n) is 18.1. The first-order valence-electron chi connectivity index (χ1n) is 10.4. The summed E-state index contributed by atoms with van der Waals surface area (Å²) in [7, 11) is 3.41. The molecular formula is C24H28N4O2S. The van der Waals surface area contributed by atoms with Crippen LogP contribution in [0.5, 0.6) is 5.75 Å². The second-order valence-corrected chi connectivity index (χ2v) is 7.99. The molecule has 7 heteroatoms. The van der Waals surface area contributed by atoms with Crippen molar-refractivity contribution in [1.29, 1.82) is 0 Å². The maximum Gasteiger partial charge on any atom is 0.170 e. The van der Waals surface area contributed by atoms with Crippen molar-refractivity contribution in [3.8, 4) is 11.4 Å². The first kappa shape index (κ1) is 21.3. The molecule has 0 unspecified atom stereocenters. The van der Waals surface area contributed by atoms with Crippen molar-refractivity contribution in [3.63, 3.8) is 0 Å². The lowest BCUT2D eigenvalue weighted by Gasteiger charge is -2.29. The van der Waals surface area contributed by atoms with E-state index in [-0.39, 0.29) is 12.1 Å². The number of benzene rings is 1. The molecule has 2 atom stereocenters. The Morgan fingerprint density at radius 2 is 1.87 bits per heavy atom. The van der Waals surface area contributed by atoms with Gasteiger partial charge in [-0.25, -0.2) is 0 Å². The number of pyridine rings is 1. The molecule has 1 saturated heterocycles. The minimum absolute atomic E-state index is 0.00931. The molecule has 0 radical (unpaired) electrons. The van der Waals surface area contributed by atoms with E-state index in [4.69, 9.17) is 21.7 Å². The van der Waals surface area contributed by atoms with Crippen LogP contribution in [-0.4, -0.2) is 46.9 Å². The monoisotopic (exact) mass is 436 g/mol. The number of nitrogens with one attached hydrogen (secondary N) is 1. The molecule has 0 bridgehead atoms. The Hall–Kier alpha value is -2.90. The summed E-state index contributed by atoms with van der Waals surface area (Å²) in [6.07, 6.45) is 2.73. The number of aromatic nitrogens is 2. The first-order valence-corrected chi connectivity index (χ1v) is 10.8. The zero-order valence-corrected chi connectivity index (χ0v) is 18.9. The predicted octanol–water partition coefficient (Wildman–Crippen LogP) is 4.20. The van der Waals surface area contributed by atoms with Crippen molar-refractivity contribution in [3.05, 3.63) is 77.9 Å². The van der Waals surface area contributed by atoms with Crippen molar-refractivity contribution < 1.29 is 9.47 Å². The highest BCUT2D eigenvalue weighted by molar-refractivity contribution is 7.80. The minimum atomic E-state index is -0.0393. The Labute approximate surface area is 188 Å². The maximum absolute atomic E-state index is 5.76. The molecule has 2 aromatic heterocycles. The van der Waals surface area contributed by atoms with Gasteiger partial charge in [0.05, 0.1) is 24.9 Å². The topological polar surface area (TPSA) is 51.5 Å². The second-order valence-electron chi connectivity index (χ2n) is 7.60. The van der Waals surface area contributed by atoms with Crippen LogP contribution in [0, 0.1) is 6.92 Å². The van der Waals surface area contributed by atoms with Gasteiger partial charge in [-0.05, 0) is 74.1 Å². The summed E-state index contributed by atoms with van der Waals surface area (Å²) >= 11 is 5.76. The summed E-state index contributed by atoms with van der Waals surface area (Å²) in [4.78, 5) is 6.90. The number of nitrogens with zero attached hydrogens (tertiary/aromatic N) is 3. The zero-order chi connectivity index (χ0) is 21.8. The van der Waals surface area contributed by atoms with Gasteiger partial charge in [-0.2, -0.15) is 0 Å². The van der Waals surface area contributed by atoms with Crippen molar-refractivity contribution in [2.75, 3.05) is 27.4 Å². The van der Waals surface area contributed by atoms with Gasteiger partial charge in [0.2, 0.25) is 0 Å². The molecule has 1 fully saturated rings. The van der Waals surface area contributed by atoms with Crippen LogP contribution in [0.1, 0.15) is 35.6 Å². The molecule has 0 saturated carbocycles. The molecule has 0 amide bonds. The highest BCUT2D eigenvalue weighted by atomic mass is 32.1. The van der Waals surface area contributed by atoms with E-state index in [2.05, 4.69) is 57.0 Å². The van der Waals surface area contributed by atoms with Crippen molar-refractivity contribution in [1.82, 2.24) is 19.8 Å². The van der Waals surface area contributed by atoms with Gasteiger partial charge in [-0.1, -0.05) is 6.07 Å². The molecule has 31 heavy (non-hydrogen) atoms. The summed E-state index contributed by atoms with van der Waals surface area (Å²) in [5.41, 5.74) is 4.40. The third kappa shape index (κ3) is 4.29. The largest absolute Gasteiger partial charge is 0.497 e. The van der Waals surface area contributed by atoms with Crippen LogP contribution in [0.2, 0.25) is 0 Å². The molecule has 0 spiro atoms. The van der Waals surface area contributed by atoms with E-state index in [0.29, 0.717) is 6.61 Å². The van der Waals surface area contributed by atoms with E-state index >= 15 is 0 Å². The Morgan fingerprint density at radius 1 is 1.06 bits per heavy atom. The van der Waals surface area contributed by atoms with Gasteiger partial charge in [0.1, 0.15) is 5.75 Å². The van der Waals surface area contributed by atoms with E-state index in [0.717, 1.165) is 40.9 Å². The summed E-state index contributed by atoms with van der Waals surface area (Å²) in [5, 5.41) is 4.27. The fraction of sp³-hybridized carbons (Fsp3) is 0.333. The third-order valence-electron chi connectivity index (χ3n) is 5.69. The van der Waals surface area contributed by atoms with E-state index in [1.54, 1.807) is 14.2 Å². The average Bonchev–Trinajstić information content (AvgIpc) is 3.34. The lowest BCUT2D eigenvalue weighted by atomic mass is 10.0. The van der Waals surface area contributed by atoms with Crippen LogP contribution in [0.25, 0.3) is 5.69 Å². The van der Waals surface area contributed by atoms with E-state index in [1.165, 1.54) is 5.69 Å². The van der Waals surface area contributed by atoms with Crippen LogP contribution < -0.4 is 10.1 Å². The van der Waals surface area contributed by atoms with Gasteiger partial charge in [0, 0.05) is 43.5 Å². The van der Waals surface area contributed by atoms with Gasteiger partial charge < -0.3 is 24.3 Å². The Bertz CT molecular complexity index is 1020. The molecule has 6 nitrogen and oxygen atoms in total. The fourth-order valence-electron chi connectivity index (χ4n) is 4.22. The predicted molar refractivity (Wildman–Crippen MR) is 126 cm³/mol. The summed E-state index contributed by atoms with van der Waals surface area (Å²) in [6.45, 7) is 3.62. The van der Waals surface area contributed by atoms with Crippen molar-refractivity contribution in [2.24, 2.45) is 0 Å². The smallest absolute Gasteiger partial charge is 0.170 e. The second kappa shape index (κ2) is 9.49. The van der Waals surface area contributed by atoms with E-state index < -0.39 is 0 Å². The molecule has 3 aromatic rings. The minimum Gasteiger partial charge on any atom is -0.497 e. The molecule has 162 valence electrons. The summed E-state index contributed by atoms with van der Waals surface area (Å²) in [5.74, 6) is 0.839. The molecular weight excluding hydrogens is 408 g/mol. The van der Waals surface area contributed by atoms with Crippen LogP contribution in [0.3, 0.4) is 0 Å². The molecule has 1 aliphatic heterocycles. The third-order valence-corrected chi connectivity index (χ3v) is 6.04. The van der Waals surface area contributed by atoms with Crippen molar-refractivity contribution in [2.45, 2.75) is 25.4 Å². The van der Waals surface area contributed by atoms with Gasteiger partial charge in [0.25, 0.3) is 0 Å². The lowest BCUT2D eigenvalue weighted by Crippen LogP contribution is -2.32. The molecule has 0 aliphatic carbocycles. The summed E-state index contributed by atoms with van der Waals surface area (Å²) in [6, 6.07) is 18.5. The first-order chi connectivity index (χ1) is 15.1. The van der Waals surface area contributed by atoms with Crippen LogP contribution in [0.4, 0.5) is 0 Å². The lowest BCUT2D eigenvalue weighted by molar-refractivity contribution is 0.180. The molecule has 1 N–H and O–H groups in total. The normalized spacial score (nSPS) is 18.3. The molecule has 1 aliphatic rings. The molecule has 1 aromatic carbocycles. The number of hydrogen-bond donors (Lipinski definition) is 1. The van der Waals surface area contributed by atoms with E-state index in [9.17, 15) is 0 Å².